The molecule has 106 valence electrons. The van der Waals surface area contributed by atoms with Crippen molar-refractivity contribution in [2.45, 2.75) is 39.0 Å². The summed E-state index contributed by atoms with van der Waals surface area (Å²) in [5.41, 5.74) is 0.500. The molecule has 0 saturated heterocycles. The number of benzene rings is 1. The largest absolute Gasteiger partial charge is 0.506 e. The lowest BCUT2D eigenvalue weighted by Gasteiger charge is -2.07. The Hall–Kier alpha value is -0.0500. The van der Waals surface area contributed by atoms with Gasteiger partial charge in [-0.1, -0.05) is 32.6 Å². The maximum Gasteiger partial charge on any atom is 0.338 e. The Kier molecular flexibility index (Phi) is 8.05. The molecule has 0 amide bonds. The summed E-state index contributed by atoms with van der Waals surface area (Å²) in [4.78, 5) is 11.8. The van der Waals surface area contributed by atoms with Crippen LogP contribution in [0.15, 0.2) is 12.1 Å². The molecule has 1 aromatic carbocycles. The second-order valence-electron chi connectivity index (χ2n) is 4.34. The van der Waals surface area contributed by atoms with Crippen LogP contribution in [0, 0.1) is 7.14 Å². The Morgan fingerprint density at radius 2 is 1.74 bits per heavy atom. The molecule has 1 N–H and O–H groups in total. The van der Waals surface area contributed by atoms with Crippen molar-refractivity contribution in [3.63, 3.8) is 0 Å². The first kappa shape index (κ1) is 17.0. The second-order valence-corrected chi connectivity index (χ2v) is 6.66. The summed E-state index contributed by atoms with van der Waals surface area (Å²) in [6.07, 6.45) is 5.67. The van der Waals surface area contributed by atoms with Crippen LogP contribution in [-0.4, -0.2) is 17.7 Å². The SMILES string of the molecule is CCCCCCCOC(=O)c1cc(I)c(O)c(I)c1. The number of hydrogen-bond acceptors (Lipinski definition) is 3. The Bertz CT molecular complexity index is 410. The van der Waals surface area contributed by atoms with Crippen LogP contribution in [0.4, 0.5) is 0 Å². The van der Waals surface area contributed by atoms with Crippen molar-refractivity contribution in [2.75, 3.05) is 6.61 Å². The van der Waals surface area contributed by atoms with E-state index < -0.39 is 0 Å². The quantitative estimate of drug-likeness (QED) is 0.343. The van der Waals surface area contributed by atoms with Gasteiger partial charge in [-0.15, -0.1) is 0 Å². The zero-order valence-electron chi connectivity index (χ0n) is 10.9. The molecular weight excluding hydrogens is 470 g/mol. The molecule has 0 aliphatic carbocycles. The van der Waals surface area contributed by atoms with Gasteiger partial charge in [-0.05, 0) is 63.7 Å². The molecule has 0 radical (unpaired) electrons. The van der Waals surface area contributed by atoms with Crippen molar-refractivity contribution < 1.29 is 14.6 Å². The fourth-order valence-electron chi connectivity index (χ4n) is 1.64. The zero-order chi connectivity index (χ0) is 14.3. The summed E-state index contributed by atoms with van der Waals surface area (Å²) in [5, 5.41) is 9.64. The van der Waals surface area contributed by atoms with Gasteiger partial charge in [0.05, 0.1) is 19.3 Å². The van der Waals surface area contributed by atoms with E-state index in [2.05, 4.69) is 6.92 Å². The van der Waals surface area contributed by atoms with E-state index >= 15 is 0 Å². The van der Waals surface area contributed by atoms with Crippen molar-refractivity contribution in [3.05, 3.63) is 24.8 Å². The molecule has 0 heterocycles. The predicted octanol–water partition coefficient (Wildman–Crippen LogP) is 4.73. The Labute approximate surface area is 141 Å². The average molecular weight is 488 g/mol. The first-order valence-electron chi connectivity index (χ1n) is 6.41. The first-order chi connectivity index (χ1) is 9.06. The molecule has 0 fully saturated rings. The van der Waals surface area contributed by atoms with Gasteiger partial charge in [0, 0.05) is 0 Å². The van der Waals surface area contributed by atoms with Gasteiger partial charge in [0.1, 0.15) is 5.75 Å². The summed E-state index contributed by atoms with van der Waals surface area (Å²) in [6, 6.07) is 3.30. The number of ether oxygens (including phenoxy) is 1. The van der Waals surface area contributed by atoms with Gasteiger partial charge < -0.3 is 9.84 Å². The molecule has 1 aromatic rings. The van der Waals surface area contributed by atoms with E-state index in [-0.39, 0.29) is 11.7 Å². The van der Waals surface area contributed by atoms with Crippen LogP contribution in [0.3, 0.4) is 0 Å². The van der Waals surface area contributed by atoms with Crippen LogP contribution >= 0.6 is 45.2 Å². The van der Waals surface area contributed by atoms with E-state index in [9.17, 15) is 9.90 Å². The number of carbonyl (C=O) groups is 1. The molecule has 0 aliphatic heterocycles. The highest BCUT2D eigenvalue weighted by Gasteiger charge is 2.12. The van der Waals surface area contributed by atoms with Crippen LogP contribution < -0.4 is 0 Å². The van der Waals surface area contributed by atoms with Gasteiger partial charge in [0.2, 0.25) is 0 Å². The van der Waals surface area contributed by atoms with Gasteiger partial charge in [-0.3, -0.25) is 0 Å². The van der Waals surface area contributed by atoms with E-state index in [1.165, 1.54) is 19.3 Å². The first-order valence-corrected chi connectivity index (χ1v) is 8.57. The summed E-state index contributed by atoms with van der Waals surface area (Å²) in [5.74, 6) is -0.0939. The molecule has 19 heavy (non-hydrogen) atoms. The van der Waals surface area contributed by atoms with E-state index in [1.807, 2.05) is 45.2 Å². The van der Waals surface area contributed by atoms with E-state index in [1.54, 1.807) is 12.1 Å². The van der Waals surface area contributed by atoms with Gasteiger partial charge in [-0.25, -0.2) is 4.79 Å². The van der Waals surface area contributed by atoms with Crippen LogP contribution in [0.5, 0.6) is 5.75 Å². The maximum atomic E-state index is 11.8. The van der Waals surface area contributed by atoms with Gasteiger partial charge >= 0.3 is 5.97 Å². The van der Waals surface area contributed by atoms with Gasteiger partial charge in [0.25, 0.3) is 0 Å². The third-order valence-electron chi connectivity index (χ3n) is 2.73. The summed E-state index contributed by atoms with van der Waals surface area (Å²) in [6.45, 7) is 2.64. The number of phenolic OH excluding ortho intramolecular Hbond substituents is 1. The molecule has 0 atom stereocenters. The average Bonchev–Trinajstić information content (AvgIpc) is 2.39. The maximum absolute atomic E-state index is 11.8. The number of aromatic hydroxyl groups is 1. The summed E-state index contributed by atoms with van der Waals surface area (Å²) >= 11 is 4.01. The standard InChI is InChI=1S/C14H18I2O3/c1-2-3-4-5-6-7-19-14(18)10-8-11(15)13(17)12(16)9-10/h8-9,17H,2-7H2,1H3. The Morgan fingerprint density at radius 3 is 2.32 bits per heavy atom. The lowest BCUT2D eigenvalue weighted by molar-refractivity contribution is 0.0497. The molecule has 0 aromatic heterocycles. The predicted molar refractivity (Wildman–Crippen MR) is 92.6 cm³/mol. The van der Waals surface area contributed by atoms with Crippen molar-refractivity contribution in [1.82, 2.24) is 0 Å². The van der Waals surface area contributed by atoms with Crippen LogP contribution in [-0.2, 0) is 4.74 Å². The molecule has 0 unspecified atom stereocenters. The van der Waals surface area contributed by atoms with Crippen molar-refractivity contribution in [2.24, 2.45) is 0 Å². The van der Waals surface area contributed by atoms with E-state index in [0.717, 1.165) is 12.8 Å². The smallest absolute Gasteiger partial charge is 0.338 e. The molecular formula is C14H18I2O3. The van der Waals surface area contributed by atoms with Crippen molar-refractivity contribution in [3.8, 4) is 5.75 Å². The number of hydrogen-bond donors (Lipinski definition) is 1. The van der Waals surface area contributed by atoms with E-state index in [4.69, 9.17) is 4.74 Å². The minimum atomic E-state index is -0.314. The normalized spacial score (nSPS) is 10.5. The number of rotatable bonds is 7. The molecule has 1 rings (SSSR count). The third kappa shape index (κ3) is 5.85. The Morgan fingerprint density at radius 1 is 1.16 bits per heavy atom. The monoisotopic (exact) mass is 488 g/mol. The summed E-state index contributed by atoms with van der Waals surface area (Å²) < 4.78 is 6.56. The number of halogens is 2. The van der Waals surface area contributed by atoms with Gasteiger partial charge in [-0.2, -0.15) is 0 Å². The highest BCUT2D eigenvalue weighted by molar-refractivity contribution is 14.1. The topological polar surface area (TPSA) is 46.5 Å². The minimum Gasteiger partial charge on any atom is -0.506 e. The van der Waals surface area contributed by atoms with Crippen molar-refractivity contribution >= 4 is 51.2 Å². The Balaban J connectivity index is 2.42. The van der Waals surface area contributed by atoms with Crippen LogP contribution in [0.1, 0.15) is 49.4 Å². The fourth-order valence-corrected chi connectivity index (χ4v) is 3.41. The lowest BCUT2D eigenvalue weighted by atomic mass is 10.2. The molecule has 0 aliphatic rings. The van der Waals surface area contributed by atoms with Crippen molar-refractivity contribution in [1.29, 1.82) is 0 Å². The fraction of sp³-hybridized carbons (Fsp3) is 0.500. The third-order valence-corrected chi connectivity index (χ3v) is 4.38. The zero-order valence-corrected chi connectivity index (χ0v) is 15.2. The number of unbranched alkanes of at least 4 members (excludes halogenated alkanes) is 4. The molecule has 3 nitrogen and oxygen atoms in total. The van der Waals surface area contributed by atoms with E-state index in [0.29, 0.717) is 19.3 Å². The number of phenols is 1. The highest BCUT2D eigenvalue weighted by Crippen LogP contribution is 2.27. The van der Waals surface area contributed by atoms with Crippen LogP contribution in [0.25, 0.3) is 0 Å². The second kappa shape index (κ2) is 8.99. The van der Waals surface area contributed by atoms with Gasteiger partial charge in [0.15, 0.2) is 0 Å². The summed E-state index contributed by atoms with van der Waals surface area (Å²) in [7, 11) is 0. The molecule has 0 saturated carbocycles. The number of carbonyl (C=O) groups excluding carboxylic acids is 1. The molecule has 0 spiro atoms. The lowest BCUT2D eigenvalue weighted by Crippen LogP contribution is -2.07. The van der Waals surface area contributed by atoms with Crippen LogP contribution in [0.2, 0.25) is 0 Å². The number of esters is 1. The highest BCUT2D eigenvalue weighted by atomic mass is 127. The molecule has 0 bridgehead atoms. The molecule has 5 heteroatoms. The minimum absolute atomic E-state index is 0.220.